The van der Waals surface area contributed by atoms with Crippen LogP contribution in [0.15, 0.2) is 18.5 Å². The molecule has 1 atom stereocenters. The van der Waals surface area contributed by atoms with Gasteiger partial charge in [-0.25, -0.2) is 0 Å². The van der Waals surface area contributed by atoms with Gasteiger partial charge in [-0.1, -0.05) is 6.92 Å². The number of esters is 1. The van der Waals surface area contributed by atoms with Crippen molar-refractivity contribution in [2.24, 2.45) is 5.92 Å². The van der Waals surface area contributed by atoms with E-state index >= 15 is 0 Å². The minimum Gasteiger partial charge on any atom is -0.469 e. The van der Waals surface area contributed by atoms with Gasteiger partial charge in [-0.3, -0.25) is 19.9 Å². The Balaban J connectivity index is 2.87. The zero-order valence-corrected chi connectivity index (χ0v) is 10.5. The molecule has 0 N–H and O–H groups in total. The Morgan fingerprint density at radius 3 is 2.89 bits per heavy atom. The van der Waals surface area contributed by atoms with E-state index < -0.39 is 4.92 Å². The van der Waals surface area contributed by atoms with E-state index in [1.807, 2.05) is 0 Å². The van der Waals surface area contributed by atoms with Gasteiger partial charge in [0.1, 0.15) is 11.9 Å². The minimum absolute atomic E-state index is 0.0861. The number of hydrogen-bond donors (Lipinski definition) is 0. The Labute approximate surface area is 105 Å². The Hall–Kier alpha value is -2.18. The summed E-state index contributed by atoms with van der Waals surface area (Å²) in [6, 6.07) is 1.54. The van der Waals surface area contributed by atoms with Crippen molar-refractivity contribution in [1.29, 1.82) is 0 Å². The second-order valence-electron chi connectivity index (χ2n) is 3.93. The number of nitrogens with zero attached hydrogens (tertiary/aromatic N) is 3. The van der Waals surface area contributed by atoms with Gasteiger partial charge >= 0.3 is 11.7 Å². The molecule has 98 valence electrons. The maximum atomic E-state index is 11.3. The van der Waals surface area contributed by atoms with Crippen LogP contribution in [0, 0.1) is 16.0 Å². The molecule has 0 amide bonds. The van der Waals surface area contributed by atoms with Crippen LogP contribution in [0.2, 0.25) is 0 Å². The topological polar surface area (TPSA) is 85.6 Å². The standard InChI is InChI=1S/C11H15N3O4/c1-8(11(15)18-3)7-13(2)9-4-5-12-6-10(9)14(16)17/h4-6,8H,7H2,1-3H3. The van der Waals surface area contributed by atoms with Crippen LogP contribution in [0.25, 0.3) is 0 Å². The average Bonchev–Trinajstić information content (AvgIpc) is 2.37. The lowest BCUT2D eigenvalue weighted by molar-refractivity contribution is -0.384. The van der Waals surface area contributed by atoms with Crippen LogP contribution in [-0.2, 0) is 9.53 Å². The molecule has 0 spiro atoms. The average molecular weight is 253 g/mol. The molecule has 0 aliphatic carbocycles. The predicted molar refractivity (Wildman–Crippen MR) is 65.3 cm³/mol. The highest BCUT2D eigenvalue weighted by atomic mass is 16.6. The molecule has 0 saturated carbocycles. The second kappa shape index (κ2) is 5.95. The molecule has 1 aromatic rings. The highest BCUT2D eigenvalue weighted by molar-refractivity contribution is 5.73. The molecule has 0 aliphatic heterocycles. The fourth-order valence-electron chi connectivity index (χ4n) is 1.63. The normalized spacial score (nSPS) is 11.7. The van der Waals surface area contributed by atoms with Crippen LogP contribution >= 0.6 is 0 Å². The molecule has 7 heteroatoms. The van der Waals surface area contributed by atoms with Crippen LogP contribution in [0.5, 0.6) is 0 Å². The van der Waals surface area contributed by atoms with Gasteiger partial charge in [-0.05, 0) is 6.07 Å². The number of ether oxygens (including phenoxy) is 1. The Morgan fingerprint density at radius 1 is 1.67 bits per heavy atom. The molecule has 18 heavy (non-hydrogen) atoms. The van der Waals surface area contributed by atoms with E-state index in [0.29, 0.717) is 12.2 Å². The SMILES string of the molecule is COC(=O)C(C)CN(C)c1ccncc1[N+](=O)[O-]. The van der Waals surface area contributed by atoms with Crippen molar-refractivity contribution in [3.8, 4) is 0 Å². The van der Waals surface area contributed by atoms with E-state index in [1.165, 1.54) is 19.5 Å². The van der Waals surface area contributed by atoms with Gasteiger partial charge in [0.15, 0.2) is 0 Å². The predicted octanol–water partition coefficient (Wildman–Crippen LogP) is 1.24. The van der Waals surface area contributed by atoms with Gasteiger partial charge in [0.2, 0.25) is 0 Å². The highest BCUT2D eigenvalue weighted by Crippen LogP contribution is 2.26. The lowest BCUT2D eigenvalue weighted by Gasteiger charge is -2.21. The van der Waals surface area contributed by atoms with Gasteiger partial charge in [0.05, 0.1) is 18.0 Å². The van der Waals surface area contributed by atoms with Crippen molar-refractivity contribution < 1.29 is 14.5 Å². The fourth-order valence-corrected chi connectivity index (χ4v) is 1.63. The van der Waals surface area contributed by atoms with E-state index in [1.54, 1.807) is 24.9 Å². The molecule has 1 aromatic heterocycles. The number of carbonyl (C=O) groups excluding carboxylic acids is 1. The number of anilines is 1. The van der Waals surface area contributed by atoms with E-state index in [0.717, 1.165) is 0 Å². The van der Waals surface area contributed by atoms with E-state index in [-0.39, 0.29) is 17.6 Å². The molecule has 0 fully saturated rings. The summed E-state index contributed by atoms with van der Waals surface area (Å²) in [5, 5.41) is 10.8. The summed E-state index contributed by atoms with van der Waals surface area (Å²) >= 11 is 0. The monoisotopic (exact) mass is 253 g/mol. The van der Waals surface area contributed by atoms with Crippen LogP contribution in [0.3, 0.4) is 0 Å². The quantitative estimate of drug-likeness (QED) is 0.445. The summed E-state index contributed by atoms with van der Waals surface area (Å²) in [5.41, 5.74) is 0.336. The molecule has 1 unspecified atom stereocenters. The van der Waals surface area contributed by atoms with E-state index in [2.05, 4.69) is 9.72 Å². The lowest BCUT2D eigenvalue weighted by atomic mass is 10.1. The third kappa shape index (κ3) is 3.16. The number of nitro groups is 1. The molecule has 7 nitrogen and oxygen atoms in total. The number of aromatic nitrogens is 1. The van der Waals surface area contributed by atoms with Crippen LogP contribution < -0.4 is 4.90 Å². The van der Waals surface area contributed by atoms with Crippen LogP contribution in [-0.4, -0.2) is 36.6 Å². The minimum atomic E-state index is -0.498. The Morgan fingerprint density at radius 2 is 2.33 bits per heavy atom. The first-order valence-electron chi connectivity index (χ1n) is 5.34. The molecule has 0 bridgehead atoms. The second-order valence-corrected chi connectivity index (χ2v) is 3.93. The Kier molecular flexibility index (Phi) is 4.59. The number of carbonyl (C=O) groups is 1. The van der Waals surface area contributed by atoms with Crippen molar-refractivity contribution in [3.63, 3.8) is 0 Å². The van der Waals surface area contributed by atoms with Gasteiger partial charge in [-0.2, -0.15) is 0 Å². The third-order valence-corrected chi connectivity index (χ3v) is 2.54. The van der Waals surface area contributed by atoms with Crippen LogP contribution in [0.4, 0.5) is 11.4 Å². The van der Waals surface area contributed by atoms with Gasteiger partial charge in [0.25, 0.3) is 0 Å². The third-order valence-electron chi connectivity index (χ3n) is 2.54. The first kappa shape index (κ1) is 13.9. The summed E-state index contributed by atoms with van der Waals surface area (Å²) in [6.07, 6.45) is 2.66. The summed E-state index contributed by atoms with van der Waals surface area (Å²) in [4.78, 5) is 27.0. The molecular weight excluding hydrogens is 238 g/mol. The van der Waals surface area contributed by atoms with E-state index in [9.17, 15) is 14.9 Å². The first-order valence-corrected chi connectivity index (χ1v) is 5.34. The lowest BCUT2D eigenvalue weighted by Crippen LogP contribution is -2.29. The molecule has 1 rings (SSSR count). The molecule has 0 saturated heterocycles. The number of hydrogen-bond acceptors (Lipinski definition) is 6. The molecule has 0 radical (unpaired) electrons. The summed E-state index contributed by atoms with van der Waals surface area (Å²) in [5.74, 6) is -0.716. The summed E-state index contributed by atoms with van der Waals surface area (Å²) < 4.78 is 4.61. The fraction of sp³-hybridized carbons (Fsp3) is 0.455. The van der Waals surface area contributed by atoms with Crippen molar-refractivity contribution in [1.82, 2.24) is 4.98 Å². The first-order chi connectivity index (χ1) is 8.47. The maximum Gasteiger partial charge on any atom is 0.310 e. The molecule has 0 aromatic carbocycles. The van der Waals surface area contributed by atoms with Crippen molar-refractivity contribution in [2.75, 3.05) is 25.6 Å². The summed E-state index contributed by atoms with van der Waals surface area (Å²) in [6.45, 7) is 2.03. The van der Waals surface area contributed by atoms with Crippen LogP contribution in [0.1, 0.15) is 6.92 Å². The zero-order valence-electron chi connectivity index (χ0n) is 10.5. The van der Waals surface area contributed by atoms with Gasteiger partial charge in [-0.15, -0.1) is 0 Å². The molecular formula is C11H15N3O4. The number of methoxy groups -OCH3 is 1. The van der Waals surface area contributed by atoms with Crippen molar-refractivity contribution >= 4 is 17.3 Å². The van der Waals surface area contributed by atoms with Crippen molar-refractivity contribution in [2.45, 2.75) is 6.92 Å². The number of pyridine rings is 1. The van der Waals surface area contributed by atoms with Crippen molar-refractivity contribution in [3.05, 3.63) is 28.6 Å². The molecule has 1 heterocycles. The molecule has 0 aliphatic rings. The number of rotatable bonds is 5. The van der Waals surface area contributed by atoms with Gasteiger partial charge in [0, 0.05) is 19.8 Å². The summed E-state index contributed by atoms with van der Waals surface area (Å²) in [7, 11) is 3.00. The largest absolute Gasteiger partial charge is 0.469 e. The van der Waals surface area contributed by atoms with Gasteiger partial charge < -0.3 is 9.64 Å². The zero-order chi connectivity index (χ0) is 13.7. The van der Waals surface area contributed by atoms with E-state index in [4.69, 9.17) is 0 Å². The smallest absolute Gasteiger partial charge is 0.310 e. The maximum absolute atomic E-state index is 11.3. The highest BCUT2D eigenvalue weighted by Gasteiger charge is 2.21. The Bertz CT molecular complexity index is 450.